The van der Waals surface area contributed by atoms with E-state index in [2.05, 4.69) is 11.9 Å². The molecule has 0 aromatic carbocycles. The molecule has 0 aliphatic carbocycles. The van der Waals surface area contributed by atoms with E-state index in [1.54, 1.807) is 13.4 Å². The van der Waals surface area contributed by atoms with Crippen LogP contribution in [0.4, 0.5) is 0 Å². The van der Waals surface area contributed by atoms with E-state index in [-0.39, 0.29) is 0 Å². The zero-order chi connectivity index (χ0) is 7.11. The van der Waals surface area contributed by atoms with Gasteiger partial charge in [0, 0.05) is 19.8 Å². The van der Waals surface area contributed by atoms with Crippen LogP contribution >= 0.6 is 0 Å². The molecule has 0 saturated heterocycles. The summed E-state index contributed by atoms with van der Waals surface area (Å²) in [4.78, 5) is 5.89. The van der Waals surface area contributed by atoms with Crippen molar-refractivity contribution < 1.29 is 0 Å². The van der Waals surface area contributed by atoms with Crippen molar-refractivity contribution >= 4 is 6.34 Å². The summed E-state index contributed by atoms with van der Waals surface area (Å²) in [6.45, 7) is 5.05. The number of hydrogen-bond acceptors (Lipinski definition) is 1. The second-order valence-corrected chi connectivity index (χ2v) is 1.69. The van der Waals surface area contributed by atoms with E-state index >= 15 is 0 Å². The highest BCUT2D eigenvalue weighted by Crippen LogP contribution is 1.82. The summed E-state index contributed by atoms with van der Waals surface area (Å²) in [5, 5.41) is 0. The van der Waals surface area contributed by atoms with Crippen molar-refractivity contribution in [2.24, 2.45) is 4.99 Å². The summed E-state index contributed by atoms with van der Waals surface area (Å²) < 4.78 is 0. The number of allylic oxidation sites excluding steroid dienone is 1. The maximum Gasteiger partial charge on any atom is 0.0885 e. The van der Waals surface area contributed by atoms with E-state index in [9.17, 15) is 0 Å². The number of rotatable bonds is 3. The molecular formula is C7H14N2. The summed E-state index contributed by atoms with van der Waals surface area (Å²) in [6.07, 6.45) is 5.79. The van der Waals surface area contributed by atoms with E-state index in [0.717, 1.165) is 6.54 Å². The molecular weight excluding hydrogens is 112 g/mol. The summed E-state index contributed by atoms with van der Waals surface area (Å²) >= 11 is 0. The van der Waals surface area contributed by atoms with Crippen LogP contribution in [-0.4, -0.2) is 24.8 Å². The van der Waals surface area contributed by atoms with Gasteiger partial charge in [-0.1, -0.05) is 6.08 Å². The first-order valence-corrected chi connectivity index (χ1v) is 3.16. The van der Waals surface area contributed by atoms with Gasteiger partial charge in [0.05, 0.1) is 6.34 Å². The van der Waals surface area contributed by atoms with Gasteiger partial charge in [-0.2, -0.15) is 0 Å². The maximum atomic E-state index is 3.88. The SMILES string of the molecule is C/C=C\N(/C=N/C)CC. The predicted molar refractivity (Wildman–Crippen MR) is 41.6 cm³/mol. The first kappa shape index (κ1) is 8.21. The average Bonchev–Trinajstić information content (AvgIpc) is 1.88. The first-order valence-electron chi connectivity index (χ1n) is 3.16. The topological polar surface area (TPSA) is 15.6 Å². The quantitative estimate of drug-likeness (QED) is 0.413. The third-order valence-electron chi connectivity index (χ3n) is 0.969. The number of aliphatic imine (C=N–C) groups is 1. The Morgan fingerprint density at radius 2 is 2.22 bits per heavy atom. The molecule has 0 N–H and O–H groups in total. The van der Waals surface area contributed by atoms with Gasteiger partial charge in [0.2, 0.25) is 0 Å². The number of nitrogens with zero attached hydrogens (tertiary/aromatic N) is 2. The van der Waals surface area contributed by atoms with Crippen molar-refractivity contribution in [2.75, 3.05) is 13.6 Å². The van der Waals surface area contributed by atoms with Gasteiger partial charge in [-0.05, 0) is 13.8 Å². The monoisotopic (exact) mass is 126 g/mol. The van der Waals surface area contributed by atoms with Crippen LogP contribution in [0.3, 0.4) is 0 Å². The van der Waals surface area contributed by atoms with Crippen LogP contribution < -0.4 is 0 Å². The van der Waals surface area contributed by atoms with Gasteiger partial charge in [0.15, 0.2) is 0 Å². The zero-order valence-corrected chi connectivity index (χ0v) is 6.33. The third-order valence-corrected chi connectivity index (χ3v) is 0.969. The molecule has 0 aromatic heterocycles. The van der Waals surface area contributed by atoms with Crippen molar-refractivity contribution in [3.05, 3.63) is 12.3 Å². The molecule has 0 atom stereocenters. The van der Waals surface area contributed by atoms with Crippen LogP contribution in [0.25, 0.3) is 0 Å². The minimum absolute atomic E-state index is 0.974. The second-order valence-electron chi connectivity index (χ2n) is 1.69. The summed E-state index contributed by atoms with van der Waals surface area (Å²) in [7, 11) is 1.77. The Kier molecular flexibility index (Phi) is 4.88. The molecule has 0 unspecified atom stereocenters. The second kappa shape index (κ2) is 5.35. The van der Waals surface area contributed by atoms with Crippen LogP contribution in [0.1, 0.15) is 13.8 Å². The van der Waals surface area contributed by atoms with Crippen LogP contribution in [-0.2, 0) is 0 Å². The normalized spacial score (nSPS) is 11.4. The highest BCUT2D eigenvalue weighted by molar-refractivity contribution is 5.55. The Balaban J connectivity index is 3.68. The molecule has 0 bridgehead atoms. The molecule has 0 amide bonds. The van der Waals surface area contributed by atoms with Crippen LogP contribution in [0.2, 0.25) is 0 Å². The molecule has 0 rings (SSSR count). The first-order chi connectivity index (χ1) is 4.35. The molecule has 0 fully saturated rings. The van der Waals surface area contributed by atoms with Crippen LogP contribution in [0.5, 0.6) is 0 Å². The van der Waals surface area contributed by atoms with Crippen molar-refractivity contribution in [1.82, 2.24) is 4.90 Å². The van der Waals surface area contributed by atoms with Gasteiger partial charge in [-0.3, -0.25) is 4.99 Å². The van der Waals surface area contributed by atoms with Gasteiger partial charge in [-0.15, -0.1) is 0 Å². The number of hydrogen-bond donors (Lipinski definition) is 0. The summed E-state index contributed by atoms with van der Waals surface area (Å²) in [5.74, 6) is 0. The van der Waals surface area contributed by atoms with Crippen molar-refractivity contribution in [3.63, 3.8) is 0 Å². The lowest BCUT2D eigenvalue weighted by molar-refractivity contribution is 0.605. The highest BCUT2D eigenvalue weighted by Gasteiger charge is 1.83. The molecule has 0 spiro atoms. The van der Waals surface area contributed by atoms with E-state index < -0.39 is 0 Å². The summed E-state index contributed by atoms with van der Waals surface area (Å²) in [6, 6.07) is 0. The fourth-order valence-corrected chi connectivity index (χ4v) is 0.565. The fraction of sp³-hybridized carbons (Fsp3) is 0.571. The van der Waals surface area contributed by atoms with Gasteiger partial charge in [0.25, 0.3) is 0 Å². The van der Waals surface area contributed by atoms with Crippen molar-refractivity contribution in [1.29, 1.82) is 0 Å². The largest absolute Gasteiger partial charge is 0.340 e. The Morgan fingerprint density at radius 3 is 2.56 bits per heavy atom. The highest BCUT2D eigenvalue weighted by atomic mass is 15.1. The molecule has 2 heteroatoms. The fourth-order valence-electron chi connectivity index (χ4n) is 0.565. The Hall–Kier alpha value is -0.790. The van der Waals surface area contributed by atoms with Gasteiger partial charge in [-0.25, -0.2) is 0 Å². The van der Waals surface area contributed by atoms with Crippen LogP contribution in [0.15, 0.2) is 17.3 Å². The molecule has 0 heterocycles. The van der Waals surface area contributed by atoms with Crippen molar-refractivity contribution in [2.45, 2.75) is 13.8 Å². The Labute approximate surface area is 56.9 Å². The zero-order valence-electron chi connectivity index (χ0n) is 6.33. The average molecular weight is 126 g/mol. The molecule has 0 radical (unpaired) electrons. The predicted octanol–water partition coefficient (Wildman–Crippen LogP) is 1.50. The standard InChI is InChI=1S/C7H14N2/c1-4-6-9(5-2)7-8-3/h4,6-7H,5H2,1-3H3/b6-4-,8-7+. The molecule has 0 aromatic rings. The van der Waals surface area contributed by atoms with Gasteiger partial charge < -0.3 is 4.90 Å². The molecule has 0 aliphatic heterocycles. The van der Waals surface area contributed by atoms with E-state index in [0.29, 0.717) is 0 Å². The lowest BCUT2D eigenvalue weighted by Crippen LogP contribution is -2.13. The molecule has 2 nitrogen and oxygen atoms in total. The third kappa shape index (κ3) is 3.76. The van der Waals surface area contributed by atoms with Gasteiger partial charge >= 0.3 is 0 Å². The Morgan fingerprint density at radius 1 is 1.56 bits per heavy atom. The van der Waals surface area contributed by atoms with E-state index in [1.807, 2.05) is 24.1 Å². The molecule has 0 saturated carbocycles. The summed E-state index contributed by atoms with van der Waals surface area (Å²) in [5.41, 5.74) is 0. The molecule has 52 valence electrons. The Bertz CT molecular complexity index is 93.5. The minimum Gasteiger partial charge on any atom is -0.340 e. The molecule has 0 aliphatic rings. The van der Waals surface area contributed by atoms with Gasteiger partial charge in [0.1, 0.15) is 0 Å². The smallest absolute Gasteiger partial charge is 0.0885 e. The lowest BCUT2D eigenvalue weighted by Gasteiger charge is -2.08. The van der Waals surface area contributed by atoms with E-state index in [4.69, 9.17) is 0 Å². The molecule has 9 heavy (non-hydrogen) atoms. The lowest BCUT2D eigenvalue weighted by atomic mass is 10.6. The van der Waals surface area contributed by atoms with Crippen LogP contribution in [0, 0.1) is 0 Å². The van der Waals surface area contributed by atoms with Crippen molar-refractivity contribution in [3.8, 4) is 0 Å². The maximum absolute atomic E-state index is 3.88. The van der Waals surface area contributed by atoms with E-state index in [1.165, 1.54) is 0 Å². The minimum atomic E-state index is 0.974.